The van der Waals surface area contributed by atoms with E-state index in [0.717, 1.165) is 24.3 Å². The molecule has 0 heterocycles. The molecule has 0 amide bonds. The van der Waals surface area contributed by atoms with Crippen molar-refractivity contribution in [2.45, 2.75) is 45.6 Å². The number of para-hydroxylation sites is 1. The van der Waals surface area contributed by atoms with Gasteiger partial charge in [-0.05, 0) is 32.9 Å². The van der Waals surface area contributed by atoms with Crippen molar-refractivity contribution in [1.82, 2.24) is 5.32 Å². The van der Waals surface area contributed by atoms with Gasteiger partial charge in [-0.1, -0.05) is 25.1 Å². The SMILES string of the molecule is CCCNC(c1ccccc1OC(C)C)C(OC)OC. The predicted molar refractivity (Wildman–Crippen MR) is 81.0 cm³/mol. The van der Waals surface area contributed by atoms with E-state index in [0.29, 0.717) is 0 Å². The molecular formula is C16H27NO3. The van der Waals surface area contributed by atoms with Crippen LogP contribution in [0.1, 0.15) is 38.8 Å². The summed E-state index contributed by atoms with van der Waals surface area (Å²) < 4.78 is 16.8. The van der Waals surface area contributed by atoms with E-state index in [1.165, 1.54) is 0 Å². The molecule has 1 aromatic rings. The average molecular weight is 281 g/mol. The molecule has 1 aromatic carbocycles. The number of hydrogen-bond acceptors (Lipinski definition) is 4. The third-order valence-electron chi connectivity index (χ3n) is 2.97. The van der Waals surface area contributed by atoms with Crippen LogP contribution in [0.5, 0.6) is 5.75 Å². The van der Waals surface area contributed by atoms with Crippen LogP contribution in [0.25, 0.3) is 0 Å². The van der Waals surface area contributed by atoms with Crippen LogP contribution in [0.15, 0.2) is 24.3 Å². The topological polar surface area (TPSA) is 39.7 Å². The lowest BCUT2D eigenvalue weighted by Crippen LogP contribution is -2.35. The summed E-state index contributed by atoms with van der Waals surface area (Å²) in [5.41, 5.74) is 1.06. The third-order valence-corrected chi connectivity index (χ3v) is 2.97. The molecule has 0 aromatic heterocycles. The second-order valence-electron chi connectivity index (χ2n) is 4.98. The van der Waals surface area contributed by atoms with Crippen LogP contribution in [-0.4, -0.2) is 33.2 Å². The Labute approximate surface area is 122 Å². The number of nitrogens with one attached hydrogen (secondary N) is 1. The molecule has 0 aliphatic rings. The predicted octanol–water partition coefficient (Wildman–Crippen LogP) is 3.13. The summed E-state index contributed by atoms with van der Waals surface area (Å²) in [6, 6.07) is 7.96. The minimum Gasteiger partial charge on any atom is -0.491 e. The van der Waals surface area contributed by atoms with Crippen molar-refractivity contribution in [1.29, 1.82) is 0 Å². The standard InChI is InChI=1S/C16H27NO3/c1-6-11-17-15(16(18-4)19-5)13-9-7-8-10-14(13)20-12(2)3/h7-10,12,15-17H,6,11H2,1-5H3. The molecule has 114 valence electrons. The lowest BCUT2D eigenvalue weighted by Gasteiger charge is -2.28. The van der Waals surface area contributed by atoms with Gasteiger partial charge in [-0.3, -0.25) is 0 Å². The van der Waals surface area contributed by atoms with Gasteiger partial charge in [0, 0.05) is 19.8 Å². The minimum absolute atomic E-state index is 0.0556. The van der Waals surface area contributed by atoms with E-state index in [1.54, 1.807) is 14.2 Å². The third kappa shape index (κ3) is 4.78. The van der Waals surface area contributed by atoms with Crippen LogP contribution >= 0.6 is 0 Å². The summed E-state index contributed by atoms with van der Waals surface area (Å²) in [5.74, 6) is 0.871. The van der Waals surface area contributed by atoms with Crippen LogP contribution < -0.4 is 10.1 Å². The summed E-state index contributed by atoms with van der Waals surface area (Å²) >= 11 is 0. The van der Waals surface area contributed by atoms with E-state index in [9.17, 15) is 0 Å². The molecule has 0 saturated heterocycles. The lowest BCUT2D eigenvalue weighted by molar-refractivity contribution is -0.124. The fourth-order valence-electron chi connectivity index (χ4n) is 2.12. The second kappa shape index (κ2) is 8.95. The zero-order chi connectivity index (χ0) is 15.0. The van der Waals surface area contributed by atoms with E-state index in [1.807, 2.05) is 32.0 Å². The summed E-state index contributed by atoms with van der Waals surface area (Å²) in [6.45, 7) is 7.07. The van der Waals surface area contributed by atoms with Crippen molar-refractivity contribution < 1.29 is 14.2 Å². The van der Waals surface area contributed by atoms with Crippen LogP contribution in [0.2, 0.25) is 0 Å². The molecule has 0 radical (unpaired) electrons. The molecule has 1 rings (SSSR count). The molecule has 1 unspecified atom stereocenters. The van der Waals surface area contributed by atoms with Crippen LogP contribution in [0.4, 0.5) is 0 Å². The molecule has 0 saturated carbocycles. The number of methoxy groups -OCH3 is 2. The van der Waals surface area contributed by atoms with Gasteiger partial charge >= 0.3 is 0 Å². The van der Waals surface area contributed by atoms with Gasteiger partial charge in [-0.15, -0.1) is 0 Å². The Hall–Kier alpha value is -1.10. The highest BCUT2D eigenvalue weighted by molar-refractivity contribution is 5.36. The number of rotatable bonds is 9. The minimum atomic E-state index is -0.349. The van der Waals surface area contributed by atoms with Gasteiger partial charge < -0.3 is 19.5 Å². The zero-order valence-electron chi connectivity index (χ0n) is 13.2. The highest BCUT2D eigenvalue weighted by atomic mass is 16.7. The van der Waals surface area contributed by atoms with Crippen molar-refractivity contribution in [2.24, 2.45) is 0 Å². The maximum absolute atomic E-state index is 5.89. The Kier molecular flexibility index (Phi) is 7.59. The first kappa shape index (κ1) is 17.0. The maximum Gasteiger partial charge on any atom is 0.176 e. The Balaban J connectivity index is 3.05. The molecule has 4 heteroatoms. The van der Waals surface area contributed by atoms with Gasteiger partial charge in [-0.2, -0.15) is 0 Å². The monoisotopic (exact) mass is 281 g/mol. The zero-order valence-corrected chi connectivity index (χ0v) is 13.2. The first-order valence-corrected chi connectivity index (χ1v) is 7.18. The normalized spacial score (nSPS) is 12.9. The first-order valence-electron chi connectivity index (χ1n) is 7.18. The molecule has 1 N–H and O–H groups in total. The second-order valence-corrected chi connectivity index (χ2v) is 4.98. The van der Waals surface area contributed by atoms with Crippen molar-refractivity contribution in [3.8, 4) is 5.75 Å². The first-order chi connectivity index (χ1) is 9.63. The molecule has 0 fully saturated rings. The van der Waals surface area contributed by atoms with Crippen molar-refractivity contribution in [3.05, 3.63) is 29.8 Å². The van der Waals surface area contributed by atoms with E-state index >= 15 is 0 Å². The van der Waals surface area contributed by atoms with Gasteiger partial charge in [-0.25, -0.2) is 0 Å². The van der Waals surface area contributed by atoms with Crippen LogP contribution in [0.3, 0.4) is 0 Å². The maximum atomic E-state index is 5.89. The number of benzene rings is 1. The summed E-state index contributed by atoms with van der Waals surface area (Å²) in [5, 5.41) is 3.47. The van der Waals surface area contributed by atoms with E-state index in [4.69, 9.17) is 14.2 Å². The van der Waals surface area contributed by atoms with Crippen molar-refractivity contribution >= 4 is 0 Å². The van der Waals surface area contributed by atoms with Crippen LogP contribution in [-0.2, 0) is 9.47 Å². The van der Waals surface area contributed by atoms with Gasteiger partial charge in [0.05, 0.1) is 12.1 Å². The molecule has 0 spiro atoms. The van der Waals surface area contributed by atoms with Gasteiger partial charge in [0.15, 0.2) is 6.29 Å². The van der Waals surface area contributed by atoms with Gasteiger partial charge in [0.1, 0.15) is 5.75 Å². The quantitative estimate of drug-likeness (QED) is 0.706. The number of hydrogen-bond donors (Lipinski definition) is 1. The molecular weight excluding hydrogens is 254 g/mol. The van der Waals surface area contributed by atoms with Crippen LogP contribution in [0, 0.1) is 0 Å². The molecule has 0 bridgehead atoms. The Bertz CT molecular complexity index is 378. The summed E-state index contributed by atoms with van der Waals surface area (Å²) in [7, 11) is 3.31. The number of ether oxygens (including phenoxy) is 3. The molecule has 1 atom stereocenters. The highest BCUT2D eigenvalue weighted by Crippen LogP contribution is 2.29. The fraction of sp³-hybridized carbons (Fsp3) is 0.625. The fourth-order valence-corrected chi connectivity index (χ4v) is 2.12. The Morgan fingerprint density at radius 1 is 1.10 bits per heavy atom. The smallest absolute Gasteiger partial charge is 0.176 e. The Morgan fingerprint density at radius 3 is 2.30 bits per heavy atom. The summed E-state index contributed by atoms with van der Waals surface area (Å²) in [6.07, 6.45) is 0.828. The highest BCUT2D eigenvalue weighted by Gasteiger charge is 2.25. The molecule has 4 nitrogen and oxygen atoms in total. The van der Waals surface area contributed by atoms with Gasteiger partial charge in [0.25, 0.3) is 0 Å². The van der Waals surface area contributed by atoms with E-state index in [2.05, 4.69) is 18.3 Å². The van der Waals surface area contributed by atoms with Crippen molar-refractivity contribution in [2.75, 3.05) is 20.8 Å². The average Bonchev–Trinajstić information content (AvgIpc) is 2.44. The lowest BCUT2D eigenvalue weighted by atomic mass is 10.0. The largest absolute Gasteiger partial charge is 0.491 e. The van der Waals surface area contributed by atoms with Gasteiger partial charge in [0.2, 0.25) is 0 Å². The molecule has 0 aliphatic carbocycles. The van der Waals surface area contributed by atoms with E-state index in [-0.39, 0.29) is 18.4 Å². The Morgan fingerprint density at radius 2 is 1.75 bits per heavy atom. The summed E-state index contributed by atoms with van der Waals surface area (Å²) in [4.78, 5) is 0. The molecule has 0 aliphatic heterocycles. The van der Waals surface area contributed by atoms with E-state index < -0.39 is 0 Å². The van der Waals surface area contributed by atoms with Crippen molar-refractivity contribution in [3.63, 3.8) is 0 Å². The molecule has 20 heavy (non-hydrogen) atoms.